The van der Waals surface area contributed by atoms with E-state index in [4.69, 9.17) is 15.7 Å². The Balaban J connectivity index is 1.30. The van der Waals surface area contributed by atoms with Crippen LogP contribution in [-0.4, -0.2) is 25.3 Å². The number of benzene rings is 2. The molecule has 0 spiro atoms. The molecule has 2 aliphatic rings. The molecular weight excluding hydrogens is 440 g/mol. The van der Waals surface area contributed by atoms with Crippen molar-refractivity contribution in [2.75, 3.05) is 16.8 Å². The molecule has 0 radical (unpaired) electrons. The van der Waals surface area contributed by atoms with Crippen LogP contribution in [0.25, 0.3) is 22.6 Å². The molecule has 1 aliphatic heterocycles. The molecule has 0 bridgehead atoms. The number of aromatic nitrogens is 4. The number of nitrogens with one attached hydrogen (secondary N) is 1. The summed E-state index contributed by atoms with van der Waals surface area (Å²) < 4.78 is 2.26. The summed E-state index contributed by atoms with van der Waals surface area (Å²) in [5.74, 6) is 2.31. The molecule has 6 rings (SSSR count). The summed E-state index contributed by atoms with van der Waals surface area (Å²) in [6.07, 6.45) is 8.50. The monoisotopic (exact) mass is 468 g/mol. The normalized spacial score (nSPS) is 15.9. The van der Waals surface area contributed by atoms with E-state index >= 15 is 0 Å². The van der Waals surface area contributed by atoms with E-state index in [2.05, 4.69) is 45.2 Å². The maximum Gasteiger partial charge on any atom is 0.227 e. The molecule has 1 aliphatic carbocycles. The number of fused-ring (bicyclic) bond motifs is 1. The Labute approximate surface area is 204 Å². The van der Waals surface area contributed by atoms with Gasteiger partial charge in [-0.05, 0) is 54.7 Å². The second-order valence-corrected chi connectivity index (χ2v) is 10.1. The van der Waals surface area contributed by atoms with Crippen molar-refractivity contribution in [3.05, 3.63) is 66.4 Å². The number of hydrogen-bond donors (Lipinski definition) is 2. The third-order valence-electron chi connectivity index (χ3n) is 6.78. The predicted molar refractivity (Wildman–Crippen MR) is 139 cm³/mol. The highest BCUT2D eigenvalue weighted by atomic mass is 32.2. The molecule has 0 atom stereocenters. The molecule has 172 valence electrons. The summed E-state index contributed by atoms with van der Waals surface area (Å²) in [5.41, 5.74) is 13.0. The molecule has 7 heteroatoms. The van der Waals surface area contributed by atoms with Crippen LogP contribution in [0.2, 0.25) is 0 Å². The van der Waals surface area contributed by atoms with Crippen molar-refractivity contribution in [3.63, 3.8) is 0 Å². The van der Waals surface area contributed by atoms with Gasteiger partial charge >= 0.3 is 0 Å². The van der Waals surface area contributed by atoms with Gasteiger partial charge in [-0.15, -0.1) is 0 Å². The average molecular weight is 469 g/mol. The number of thioether (sulfide) groups is 1. The summed E-state index contributed by atoms with van der Waals surface area (Å²) >= 11 is 1.78. The molecule has 3 heterocycles. The van der Waals surface area contributed by atoms with Crippen LogP contribution in [0.5, 0.6) is 0 Å². The Morgan fingerprint density at radius 1 is 0.971 bits per heavy atom. The third-order valence-corrected chi connectivity index (χ3v) is 7.74. The molecule has 4 aromatic rings. The van der Waals surface area contributed by atoms with Gasteiger partial charge in [0.1, 0.15) is 0 Å². The minimum atomic E-state index is 0.586. The molecule has 34 heavy (non-hydrogen) atoms. The summed E-state index contributed by atoms with van der Waals surface area (Å²) in [6, 6.07) is 18.6. The number of rotatable bonds is 5. The Morgan fingerprint density at radius 2 is 1.82 bits per heavy atom. The molecule has 0 amide bonds. The zero-order valence-corrected chi connectivity index (χ0v) is 19.9. The first-order valence-electron chi connectivity index (χ1n) is 12.0. The van der Waals surface area contributed by atoms with Gasteiger partial charge in [0.05, 0.1) is 17.1 Å². The van der Waals surface area contributed by atoms with Crippen molar-refractivity contribution >= 4 is 29.1 Å². The van der Waals surface area contributed by atoms with Gasteiger partial charge in [-0.1, -0.05) is 55.3 Å². The van der Waals surface area contributed by atoms with Crippen LogP contribution in [0.15, 0.2) is 66.0 Å². The van der Waals surface area contributed by atoms with Crippen molar-refractivity contribution < 1.29 is 0 Å². The van der Waals surface area contributed by atoms with E-state index in [1.165, 1.54) is 37.7 Å². The van der Waals surface area contributed by atoms with E-state index in [1.807, 2.05) is 30.5 Å². The Morgan fingerprint density at radius 3 is 2.65 bits per heavy atom. The highest BCUT2D eigenvalue weighted by Gasteiger charge is 2.25. The fraction of sp³-hybridized carbons (Fsp3) is 0.296. The van der Waals surface area contributed by atoms with E-state index in [0.717, 1.165) is 51.5 Å². The van der Waals surface area contributed by atoms with Gasteiger partial charge in [0.15, 0.2) is 5.16 Å². The molecule has 0 saturated heterocycles. The second-order valence-electron chi connectivity index (χ2n) is 9.06. The van der Waals surface area contributed by atoms with Gasteiger partial charge < -0.3 is 15.6 Å². The van der Waals surface area contributed by atoms with Gasteiger partial charge in [0, 0.05) is 35.4 Å². The van der Waals surface area contributed by atoms with Crippen LogP contribution < -0.4 is 11.1 Å². The van der Waals surface area contributed by atoms with E-state index in [9.17, 15) is 0 Å². The van der Waals surface area contributed by atoms with Crippen LogP contribution in [0.3, 0.4) is 0 Å². The van der Waals surface area contributed by atoms with Crippen molar-refractivity contribution in [1.82, 2.24) is 19.5 Å². The smallest absolute Gasteiger partial charge is 0.227 e. The first kappa shape index (κ1) is 21.2. The lowest BCUT2D eigenvalue weighted by atomic mass is 9.84. The van der Waals surface area contributed by atoms with Gasteiger partial charge in [0.2, 0.25) is 5.95 Å². The molecule has 2 aromatic carbocycles. The number of nitrogens with two attached hydrogens (primary N) is 1. The molecule has 2 aromatic heterocycles. The van der Waals surface area contributed by atoms with Crippen LogP contribution in [0.4, 0.5) is 17.3 Å². The standard InChI is InChI=1S/C27H28N6S/c28-21-8-4-7-20(17-21)24-25(33-15-16-34-27(33)32-24)23-13-14-29-26(31-23)30-22-11-9-19(10-12-22)18-5-2-1-3-6-18/h4,7-14,17-18H,1-3,5-6,15-16,28H2,(H,29,30,31). The lowest BCUT2D eigenvalue weighted by Gasteiger charge is -2.22. The van der Waals surface area contributed by atoms with Crippen LogP contribution in [0.1, 0.15) is 43.6 Å². The number of nitrogen functional groups attached to an aromatic ring is 1. The van der Waals surface area contributed by atoms with E-state index in [-0.39, 0.29) is 0 Å². The fourth-order valence-corrected chi connectivity index (χ4v) is 6.03. The van der Waals surface area contributed by atoms with Gasteiger partial charge in [-0.25, -0.2) is 15.0 Å². The first-order chi connectivity index (χ1) is 16.7. The Hall–Kier alpha value is -3.32. The number of anilines is 3. The van der Waals surface area contributed by atoms with Crippen molar-refractivity contribution in [2.24, 2.45) is 0 Å². The summed E-state index contributed by atoms with van der Waals surface area (Å²) in [5, 5.41) is 4.42. The number of imidazole rings is 1. The predicted octanol–water partition coefficient (Wildman–Crippen LogP) is 6.49. The average Bonchev–Trinajstić information content (AvgIpc) is 3.47. The lowest BCUT2D eigenvalue weighted by molar-refractivity contribution is 0.443. The van der Waals surface area contributed by atoms with Crippen molar-refractivity contribution in [1.29, 1.82) is 0 Å². The van der Waals surface area contributed by atoms with Crippen LogP contribution in [-0.2, 0) is 6.54 Å². The SMILES string of the molecule is Nc1cccc(-c2nc3n(c2-c2ccnc(Nc4ccc(C5CCCCC5)cc4)n2)CCS3)c1. The quantitative estimate of drug-likeness (QED) is 0.326. The van der Waals surface area contributed by atoms with Crippen molar-refractivity contribution in [3.8, 4) is 22.6 Å². The van der Waals surface area contributed by atoms with E-state index in [0.29, 0.717) is 11.9 Å². The molecule has 3 N–H and O–H groups in total. The lowest BCUT2D eigenvalue weighted by Crippen LogP contribution is -2.05. The highest BCUT2D eigenvalue weighted by Crippen LogP contribution is 2.39. The molecule has 0 unspecified atom stereocenters. The zero-order chi connectivity index (χ0) is 22.9. The number of hydrogen-bond acceptors (Lipinski definition) is 6. The minimum Gasteiger partial charge on any atom is -0.399 e. The third kappa shape index (κ3) is 4.16. The fourth-order valence-electron chi connectivity index (χ4n) is 5.08. The molecule has 1 saturated carbocycles. The second kappa shape index (κ2) is 9.14. The topological polar surface area (TPSA) is 81.6 Å². The molecule has 6 nitrogen and oxygen atoms in total. The van der Waals surface area contributed by atoms with E-state index in [1.54, 1.807) is 11.8 Å². The Kier molecular flexibility index (Phi) is 5.71. The van der Waals surface area contributed by atoms with E-state index < -0.39 is 0 Å². The maximum absolute atomic E-state index is 6.07. The molecular formula is C27H28N6S. The maximum atomic E-state index is 6.07. The minimum absolute atomic E-state index is 0.586. The highest BCUT2D eigenvalue weighted by molar-refractivity contribution is 7.99. The number of nitrogens with zero attached hydrogens (tertiary/aromatic N) is 4. The zero-order valence-electron chi connectivity index (χ0n) is 19.1. The summed E-state index contributed by atoms with van der Waals surface area (Å²) in [7, 11) is 0. The summed E-state index contributed by atoms with van der Waals surface area (Å²) in [6.45, 7) is 0.917. The van der Waals surface area contributed by atoms with Gasteiger partial charge in [-0.2, -0.15) is 0 Å². The summed E-state index contributed by atoms with van der Waals surface area (Å²) in [4.78, 5) is 14.3. The largest absolute Gasteiger partial charge is 0.399 e. The van der Waals surface area contributed by atoms with Crippen molar-refractivity contribution in [2.45, 2.75) is 49.7 Å². The first-order valence-corrected chi connectivity index (χ1v) is 13.0. The van der Waals surface area contributed by atoms with Gasteiger partial charge in [-0.3, -0.25) is 0 Å². The van der Waals surface area contributed by atoms with Crippen LogP contribution >= 0.6 is 11.8 Å². The van der Waals surface area contributed by atoms with Crippen LogP contribution in [0, 0.1) is 0 Å². The Bertz CT molecular complexity index is 1310. The van der Waals surface area contributed by atoms with Gasteiger partial charge in [0.25, 0.3) is 0 Å². The molecule has 1 fully saturated rings.